The van der Waals surface area contributed by atoms with E-state index in [4.69, 9.17) is 27.7 Å². The van der Waals surface area contributed by atoms with Crippen LogP contribution in [0.25, 0.3) is 10.8 Å². The number of nitrogens with one attached hydrogen (secondary N) is 4. The molecule has 0 saturated heterocycles. The molecule has 3 aromatic carbocycles. The average molecular weight is 661 g/mol. The number of nitrogens with two attached hydrogens (primary N) is 4. The molecule has 0 aliphatic heterocycles. The summed E-state index contributed by atoms with van der Waals surface area (Å²) in [7, 11) is 0. The van der Waals surface area contributed by atoms with Crippen LogP contribution in [-0.4, -0.2) is 66.9 Å². The molecule has 48 heavy (non-hydrogen) atoms. The van der Waals surface area contributed by atoms with Crippen LogP contribution in [-0.2, 0) is 25.7 Å². The highest BCUT2D eigenvalue weighted by Crippen LogP contribution is 2.19. The Balaban J connectivity index is 1.70. The third-order valence-corrected chi connectivity index (χ3v) is 7.11. The molecular formula is C33H44N10O5. The summed E-state index contributed by atoms with van der Waals surface area (Å²) in [5.74, 6) is -1.93. The molecule has 0 bridgehead atoms. The molecule has 0 aliphatic carbocycles. The average Bonchev–Trinajstić information content (AvgIpc) is 3.06. The van der Waals surface area contributed by atoms with Gasteiger partial charge in [-0.2, -0.15) is 0 Å². The van der Waals surface area contributed by atoms with E-state index in [-0.39, 0.29) is 44.5 Å². The van der Waals surface area contributed by atoms with Crippen LogP contribution < -0.4 is 44.2 Å². The summed E-state index contributed by atoms with van der Waals surface area (Å²) < 4.78 is 5.20. The van der Waals surface area contributed by atoms with Crippen LogP contribution in [0, 0.1) is 0 Å². The molecule has 0 saturated carbocycles. The zero-order valence-electron chi connectivity index (χ0n) is 26.9. The largest absolute Gasteiger partial charge is 0.445 e. The summed E-state index contributed by atoms with van der Waals surface area (Å²) in [6, 6.07) is 19.1. The number of hydrogen-bond donors (Lipinski definition) is 8. The van der Waals surface area contributed by atoms with Crippen LogP contribution in [0.5, 0.6) is 0 Å². The molecule has 3 aromatic rings. The van der Waals surface area contributed by atoms with E-state index >= 15 is 0 Å². The number of anilines is 1. The molecule has 0 radical (unpaired) electrons. The van der Waals surface area contributed by atoms with Gasteiger partial charge in [0.05, 0.1) is 0 Å². The van der Waals surface area contributed by atoms with Crippen molar-refractivity contribution in [2.75, 3.05) is 18.4 Å². The Bertz CT molecular complexity index is 1590. The third-order valence-electron chi connectivity index (χ3n) is 7.11. The summed E-state index contributed by atoms with van der Waals surface area (Å²) >= 11 is 0. The van der Waals surface area contributed by atoms with Crippen LogP contribution in [0.4, 0.5) is 10.5 Å². The molecule has 0 heterocycles. The molecule has 12 N–H and O–H groups in total. The molecule has 4 amide bonds. The lowest BCUT2D eigenvalue weighted by Gasteiger charge is -2.24. The van der Waals surface area contributed by atoms with Gasteiger partial charge >= 0.3 is 6.09 Å². The lowest BCUT2D eigenvalue weighted by Crippen LogP contribution is -2.55. The highest BCUT2D eigenvalue weighted by atomic mass is 16.5. The highest BCUT2D eigenvalue weighted by molar-refractivity contribution is 6.00. The Morgan fingerprint density at radius 2 is 1.25 bits per heavy atom. The van der Waals surface area contributed by atoms with Gasteiger partial charge in [-0.15, -0.1) is 0 Å². The van der Waals surface area contributed by atoms with Gasteiger partial charge in [0.15, 0.2) is 11.9 Å². The molecule has 0 aliphatic rings. The van der Waals surface area contributed by atoms with Gasteiger partial charge in [-0.25, -0.2) is 4.79 Å². The smallest absolute Gasteiger partial charge is 0.408 e. The Kier molecular flexibility index (Phi) is 14.5. The quantitative estimate of drug-likeness (QED) is 0.0586. The lowest BCUT2D eigenvalue weighted by molar-refractivity contribution is -0.131. The van der Waals surface area contributed by atoms with Crippen molar-refractivity contribution in [2.24, 2.45) is 32.9 Å². The van der Waals surface area contributed by atoms with Gasteiger partial charge in [-0.05, 0) is 61.1 Å². The summed E-state index contributed by atoms with van der Waals surface area (Å²) in [6.07, 6.45) is 0.229. The lowest BCUT2D eigenvalue weighted by atomic mass is 10.1. The number of fused-ring (bicyclic) bond motifs is 1. The van der Waals surface area contributed by atoms with E-state index in [9.17, 15) is 19.2 Å². The van der Waals surface area contributed by atoms with E-state index in [1.807, 2.05) is 54.6 Å². The fourth-order valence-electron chi connectivity index (χ4n) is 4.62. The van der Waals surface area contributed by atoms with Gasteiger partial charge in [0.25, 0.3) is 0 Å². The number of alkyl carbamates (subject to hydrolysis) is 1. The van der Waals surface area contributed by atoms with E-state index in [0.717, 1.165) is 16.3 Å². The maximum absolute atomic E-state index is 13.6. The standard InChI is InChI=1S/C33H44N10O5/c1-21(40-33(47)48-20-22-9-3-2-4-10-22)28(44)42-27(14-8-18-39-32(36)37)30(46)43-26(13-7-17-38-31(34)35)29(45)41-25-16-15-23-11-5-6-12-24(23)19-25/h2-6,9-12,15-16,19,21,26-27H,7-8,13-14,17-18,20H2,1H3,(H,40,47)(H,41,45)(H,42,44)(H,43,46)(H4,34,35,38)(H4,36,37,39)/t21-,26+,27+/m0/s1. The maximum Gasteiger partial charge on any atom is 0.408 e. The number of aliphatic imine (C=N–C) groups is 2. The first-order valence-electron chi connectivity index (χ1n) is 15.5. The van der Waals surface area contributed by atoms with Crippen LogP contribution in [0.15, 0.2) is 82.8 Å². The van der Waals surface area contributed by atoms with Crippen LogP contribution in [0.3, 0.4) is 0 Å². The summed E-state index contributed by atoms with van der Waals surface area (Å²) in [5, 5.41) is 12.7. The van der Waals surface area contributed by atoms with Gasteiger partial charge in [0.2, 0.25) is 17.7 Å². The van der Waals surface area contributed by atoms with E-state index in [0.29, 0.717) is 18.5 Å². The number of rotatable bonds is 17. The Morgan fingerprint density at radius 1 is 0.688 bits per heavy atom. The van der Waals surface area contributed by atoms with E-state index in [2.05, 4.69) is 31.3 Å². The minimum absolute atomic E-state index is 0.0165. The first-order chi connectivity index (χ1) is 23.0. The number of benzene rings is 3. The predicted molar refractivity (Wildman–Crippen MR) is 185 cm³/mol. The number of hydrogen-bond acceptors (Lipinski definition) is 7. The first kappa shape index (κ1) is 36.6. The summed E-state index contributed by atoms with van der Waals surface area (Å²) in [6.45, 7) is 1.91. The number of nitrogens with zero attached hydrogens (tertiary/aromatic N) is 2. The predicted octanol–water partition coefficient (Wildman–Crippen LogP) is 1.17. The fourth-order valence-corrected chi connectivity index (χ4v) is 4.62. The molecule has 0 spiro atoms. The van der Waals surface area contributed by atoms with Crippen LogP contribution in [0.2, 0.25) is 0 Å². The maximum atomic E-state index is 13.6. The molecule has 0 aromatic heterocycles. The van der Waals surface area contributed by atoms with Crippen molar-refractivity contribution in [1.29, 1.82) is 0 Å². The number of carbonyl (C=O) groups is 4. The van der Waals surface area contributed by atoms with Crippen molar-refractivity contribution in [1.82, 2.24) is 16.0 Å². The van der Waals surface area contributed by atoms with Crippen LogP contribution in [0.1, 0.15) is 38.2 Å². The molecular weight excluding hydrogens is 616 g/mol. The monoisotopic (exact) mass is 660 g/mol. The number of amides is 4. The molecule has 0 unspecified atom stereocenters. The minimum atomic E-state index is -1.09. The van der Waals surface area contributed by atoms with Crippen molar-refractivity contribution in [2.45, 2.75) is 57.3 Å². The van der Waals surface area contributed by atoms with E-state index in [1.165, 1.54) is 6.92 Å². The number of ether oxygens (including phenoxy) is 1. The second-order valence-corrected chi connectivity index (χ2v) is 11.0. The van der Waals surface area contributed by atoms with Crippen LogP contribution >= 0.6 is 0 Å². The topological polar surface area (TPSA) is 254 Å². The van der Waals surface area contributed by atoms with Crippen molar-refractivity contribution < 1.29 is 23.9 Å². The first-order valence-corrected chi connectivity index (χ1v) is 15.5. The van der Waals surface area contributed by atoms with E-state index < -0.39 is 41.9 Å². The zero-order valence-corrected chi connectivity index (χ0v) is 26.9. The third kappa shape index (κ3) is 12.9. The Morgan fingerprint density at radius 3 is 1.88 bits per heavy atom. The van der Waals surface area contributed by atoms with Crippen molar-refractivity contribution in [3.8, 4) is 0 Å². The van der Waals surface area contributed by atoms with Gasteiger partial charge < -0.3 is 48.9 Å². The highest BCUT2D eigenvalue weighted by Gasteiger charge is 2.28. The summed E-state index contributed by atoms with van der Waals surface area (Å²) in [5.41, 5.74) is 23.0. The Labute approximate surface area is 278 Å². The molecule has 15 heteroatoms. The van der Waals surface area contributed by atoms with Gasteiger partial charge in [0.1, 0.15) is 24.7 Å². The normalized spacial score (nSPS) is 12.4. The second-order valence-electron chi connectivity index (χ2n) is 11.0. The molecule has 0 fully saturated rings. The van der Waals surface area contributed by atoms with E-state index in [1.54, 1.807) is 18.2 Å². The molecule has 3 rings (SSSR count). The summed E-state index contributed by atoms with van der Waals surface area (Å²) in [4.78, 5) is 60.4. The molecule has 3 atom stereocenters. The molecule has 256 valence electrons. The van der Waals surface area contributed by atoms with Gasteiger partial charge in [-0.3, -0.25) is 24.4 Å². The second kappa shape index (κ2) is 19.0. The zero-order chi connectivity index (χ0) is 34.9. The van der Waals surface area contributed by atoms with Gasteiger partial charge in [0, 0.05) is 18.8 Å². The molecule has 15 nitrogen and oxygen atoms in total. The SMILES string of the molecule is C[C@H](NC(=O)OCc1ccccc1)C(=O)N[C@H](CCCN=C(N)N)C(=O)N[C@H](CCCN=C(N)N)C(=O)Nc1ccc2ccccc2c1. The fraction of sp³-hybridized carbons (Fsp3) is 0.333. The van der Waals surface area contributed by atoms with Crippen molar-refractivity contribution in [3.05, 3.63) is 78.4 Å². The van der Waals surface area contributed by atoms with Crippen molar-refractivity contribution >= 4 is 52.2 Å². The van der Waals surface area contributed by atoms with Gasteiger partial charge in [-0.1, -0.05) is 60.7 Å². The Hall–Kier alpha value is -5.86. The minimum Gasteiger partial charge on any atom is -0.445 e. The number of carbonyl (C=O) groups excluding carboxylic acids is 4. The number of guanidine groups is 2. The van der Waals surface area contributed by atoms with Crippen molar-refractivity contribution in [3.63, 3.8) is 0 Å².